The Kier molecular flexibility index (Phi) is 3.68. The molecule has 1 aromatic heterocycles. The zero-order valence-corrected chi connectivity index (χ0v) is 11.7. The third kappa shape index (κ3) is 3.62. The summed E-state index contributed by atoms with van der Waals surface area (Å²) in [6.07, 6.45) is 3.15. The van der Waals surface area contributed by atoms with E-state index in [4.69, 9.17) is 4.74 Å². The first kappa shape index (κ1) is 13.7. The Morgan fingerprint density at radius 2 is 2.05 bits per heavy atom. The minimum Gasteiger partial charge on any atom is -0.492 e. The number of nitrogens with zero attached hydrogens (tertiary/aromatic N) is 3. The Morgan fingerprint density at radius 3 is 2.53 bits per heavy atom. The number of amides is 1. The van der Waals surface area contributed by atoms with Gasteiger partial charge in [0.25, 0.3) is 0 Å². The number of hydrogen-bond acceptors (Lipinski definition) is 4. The van der Waals surface area contributed by atoms with Gasteiger partial charge >= 0.3 is 6.09 Å². The molecule has 0 radical (unpaired) electrons. The molecule has 0 aromatic carbocycles. The van der Waals surface area contributed by atoms with Gasteiger partial charge in [-0.05, 0) is 33.6 Å². The molecule has 6 nitrogen and oxygen atoms in total. The fourth-order valence-electron chi connectivity index (χ4n) is 2.17. The molecule has 1 N–H and O–H groups in total. The first-order valence-corrected chi connectivity index (χ1v) is 6.57. The van der Waals surface area contributed by atoms with Crippen LogP contribution in [-0.4, -0.2) is 44.6 Å². The molecule has 0 atom stereocenters. The van der Waals surface area contributed by atoms with Crippen LogP contribution in [0.4, 0.5) is 4.79 Å². The zero-order valence-electron chi connectivity index (χ0n) is 11.7. The van der Waals surface area contributed by atoms with E-state index in [0.717, 1.165) is 12.8 Å². The van der Waals surface area contributed by atoms with Gasteiger partial charge in [0.05, 0.1) is 6.04 Å². The van der Waals surface area contributed by atoms with Gasteiger partial charge in [0.2, 0.25) is 5.88 Å². The van der Waals surface area contributed by atoms with Crippen molar-refractivity contribution in [2.24, 2.45) is 0 Å². The van der Waals surface area contributed by atoms with Crippen molar-refractivity contribution in [2.45, 2.75) is 45.3 Å². The Bertz CT molecular complexity index is 442. The number of ether oxygens (including phenoxy) is 1. The molecule has 19 heavy (non-hydrogen) atoms. The monoisotopic (exact) mass is 267 g/mol. The predicted molar refractivity (Wildman–Crippen MR) is 70.0 cm³/mol. The van der Waals surface area contributed by atoms with Gasteiger partial charge in [0, 0.05) is 25.4 Å². The lowest BCUT2D eigenvalue weighted by atomic mass is 10.1. The summed E-state index contributed by atoms with van der Waals surface area (Å²) in [4.78, 5) is 13.6. The summed E-state index contributed by atoms with van der Waals surface area (Å²) in [5, 5.41) is 13.2. The first-order chi connectivity index (χ1) is 8.85. The largest absolute Gasteiger partial charge is 0.492 e. The quantitative estimate of drug-likeness (QED) is 0.846. The maximum absolute atomic E-state index is 11.9. The molecule has 106 valence electrons. The summed E-state index contributed by atoms with van der Waals surface area (Å²) in [6, 6.07) is 1.81. The summed E-state index contributed by atoms with van der Waals surface area (Å²) < 4.78 is 7.11. The van der Waals surface area contributed by atoms with Gasteiger partial charge in [-0.2, -0.15) is 0 Å². The van der Waals surface area contributed by atoms with Gasteiger partial charge in [-0.1, -0.05) is 0 Å². The van der Waals surface area contributed by atoms with Gasteiger partial charge in [-0.3, -0.25) is 4.68 Å². The van der Waals surface area contributed by atoms with Gasteiger partial charge in [0.1, 0.15) is 5.60 Å². The lowest BCUT2D eigenvalue weighted by Gasteiger charge is -2.33. The normalized spacial score (nSPS) is 17.5. The first-order valence-electron chi connectivity index (χ1n) is 6.57. The second-order valence-corrected chi connectivity index (χ2v) is 5.85. The van der Waals surface area contributed by atoms with Gasteiger partial charge in [0.15, 0.2) is 0 Å². The maximum atomic E-state index is 11.9. The molecule has 0 spiro atoms. The van der Waals surface area contributed by atoms with Crippen LogP contribution in [0.2, 0.25) is 0 Å². The van der Waals surface area contributed by atoms with Crippen molar-refractivity contribution in [1.29, 1.82) is 0 Å². The van der Waals surface area contributed by atoms with Crippen molar-refractivity contribution in [3.05, 3.63) is 12.3 Å². The van der Waals surface area contributed by atoms with Crippen LogP contribution in [0.1, 0.15) is 39.7 Å². The summed E-state index contributed by atoms with van der Waals surface area (Å²) in [6.45, 7) is 6.90. The molecule has 1 aromatic rings. The molecular formula is C13H21N3O3. The van der Waals surface area contributed by atoms with Crippen molar-refractivity contribution in [1.82, 2.24) is 14.7 Å². The SMILES string of the molecule is CC(C)(C)OC(=O)N1CCC(n2ccc(O)n2)CC1. The van der Waals surface area contributed by atoms with Crippen molar-refractivity contribution < 1.29 is 14.6 Å². The second kappa shape index (κ2) is 5.11. The molecule has 1 amide bonds. The molecule has 1 saturated heterocycles. The Morgan fingerprint density at radius 1 is 1.42 bits per heavy atom. The van der Waals surface area contributed by atoms with Crippen molar-refractivity contribution in [2.75, 3.05) is 13.1 Å². The van der Waals surface area contributed by atoms with E-state index in [0.29, 0.717) is 13.1 Å². The Labute approximate surface area is 113 Å². The number of aromatic nitrogens is 2. The lowest BCUT2D eigenvalue weighted by Crippen LogP contribution is -2.42. The predicted octanol–water partition coefficient (Wildman–Crippen LogP) is 2.16. The minimum atomic E-state index is -0.457. The van der Waals surface area contributed by atoms with E-state index in [1.54, 1.807) is 21.8 Å². The summed E-state index contributed by atoms with van der Waals surface area (Å²) >= 11 is 0. The van der Waals surface area contributed by atoms with E-state index >= 15 is 0 Å². The smallest absolute Gasteiger partial charge is 0.410 e. The maximum Gasteiger partial charge on any atom is 0.410 e. The Hall–Kier alpha value is -1.72. The molecule has 0 saturated carbocycles. The highest BCUT2D eigenvalue weighted by Gasteiger charge is 2.27. The van der Waals surface area contributed by atoms with Crippen LogP contribution in [0.15, 0.2) is 12.3 Å². The average molecular weight is 267 g/mol. The number of carbonyl (C=O) groups excluding carboxylic acids is 1. The summed E-state index contributed by atoms with van der Waals surface area (Å²) in [5.41, 5.74) is -0.457. The van der Waals surface area contributed by atoms with Crippen molar-refractivity contribution in [3.63, 3.8) is 0 Å². The van der Waals surface area contributed by atoms with Crippen LogP contribution >= 0.6 is 0 Å². The average Bonchev–Trinajstić information content (AvgIpc) is 2.74. The van der Waals surface area contributed by atoms with Crippen LogP contribution in [0, 0.1) is 0 Å². The highest BCUT2D eigenvalue weighted by Crippen LogP contribution is 2.24. The van der Waals surface area contributed by atoms with E-state index < -0.39 is 5.60 Å². The van der Waals surface area contributed by atoms with Crippen LogP contribution in [0.3, 0.4) is 0 Å². The number of hydrogen-bond donors (Lipinski definition) is 1. The highest BCUT2D eigenvalue weighted by atomic mass is 16.6. The van der Waals surface area contributed by atoms with Gasteiger partial charge < -0.3 is 14.7 Å². The summed E-state index contributed by atoms with van der Waals surface area (Å²) in [5.74, 6) is 0.0366. The molecule has 0 bridgehead atoms. The third-order valence-electron chi connectivity index (χ3n) is 3.08. The molecule has 2 heterocycles. The number of aromatic hydroxyl groups is 1. The number of likely N-dealkylation sites (tertiary alicyclic amines) is 1. The van der Waals surface area contributed by atoms with E-state index in [1.807, 2.05) is 20.8 Å². The van der Waals surface area contributed by atoms with Crippen LogP contribution in [-0.2, 0) is 4.74 Å². The third-order valence-corrected chi connectivity index (χ3v) is 3.08. The molecular weight excluding hydrogens is 246 g/mol. The number of rotatable bonds is 1. The Balaban J connectivity index is 1.87. The summed E-state index contributed by atoms with van der Waals surface area (Å²) in [7, 11) is 0. The lowest BCUT2D eigenvalue weighted by molar-refractivity contribution is 0.0184. The van der Waals surface area contributed by atoms with E-state index in [1.165, 1.54) is 0 Å². The van der Waals surface area contributed by atoms with Crippen LogP contribution < -0.4 is 0 Å². The molecule has 0 aliphatic carbocycles. The van der Waals surface area contributed by atoms with Crippen molar-refractivity contribution >= 4 is 6.09 Å². The highest BCUT2D eigenvalue weighted by molar-refractivity contribution is 5.68. The van der Waals surface area contributed by atoms with Crippen LogP contribution in [0.5, 0.6) is 5.88 Å². The molecule has 1 aliphatic rings. The standard InChI is InChI=1S/C13H21N3O3/c1-13(2,3)19-12(18)15-7-4-10(5-8-15)16-9-6-11(17)14-16/h6,9-10H,4-5,7-8H2,1-3H3,(H,14,17). The topological polar surface area (TPSA) is 67.6 Å². The van der Waals surface area contributed by atoms with Gasteiger partial charge in [-0.25, -0.2) is 4.79 Å². The fourth-order valence-corrected chi connectivity index (χ4v) is 2.17. The van der Waals surface area contributed by atoms with E-state index in [2.05, 4.69) is 5.10 Å². The van der Waals surface area contributed by atoms with Crippen LogP contribution in [0.25, 0.3) is 0 Å². The molecule has 1 aliphatic heterocycles. The van der Waals surface area contributed by atoms with E-state index in [-0.39, 0.29) is 18.0 Å². The second-order valence-electron chi connectivity index (χ2n) is 5.85. The molecule has 2 rings (SSSR count). The fraction of sp³-hybridized carbons (Fsp3) is 0.692. The molecule has 1 fully saturated rings. The minimum absolute atomic E-state index is 0.0366. The van der Waals surface area contributed by atoms with Gasteiger partial charge in [-0.15, -0.1) is 5.10 Å². The molecule has 6 heteroatoms. The number of piperidine rings is 1. The molecule has 0 unspecified atom stereocenters. The number of carbonyl (C=O) groups is 1. The van der Waals surface area contributed by atoms with E-state index in [9.17, 15) is 9.90 Å². The zero-order chi connectivity index (χ0) is 14.0. The van der Waals surface area contributed by atoms with Crippen molar-refractivity contribution in [3.8, 4) is 5.88 Å².